The molecule has 0 spiro atoms. The van der Waals surface area contributed by atoms with E-state index in [2.05, 4.69) is 48.0 Å². The van der Waals surface area contributed by atoms with E-state index in [1.165, 1.54) is 5.56 Å². The van der Waals surface area contributed by atoms with Crippen LogP contribution in [0.4, 0.5) is 0 Å². The maximum absolute atomic E-state index is 5.87. The molecule has 0 bridgehead atoms. The molecule has 2 heteroatoms. The lowest BCUT2D eigenvalue weighted by molar-refractivity contribution is 0.418. The summed E-state index contributed by atoms with van der Waals surface area (Å²) in [6, 6.07) is 8.38. The first-order valence-electron chi connectivity index (χ1n) is 4.34. The number of halogens is 2. The van der Waals surface area contributed by atoms with Crippen LogP contribution in [0.2, 0.25) is 0 Å². The molecule has 0 amide bonds. The molecule has 0 saturated heterocycles. The molecule has 0 aliphatic carbocycles. The van der Waals surface area contributed by atoms with Crippen molar-refractivity contribution in [2.45, 2.75) is 20.3 Å². The SMILES string of the molecule is CC(C)(CCl)Cc1cccc(Br)c1. The minimum Gasteiger partial charge on any atom is -0.126 e. The van der Waals surface area contributed by atoms with Gasteiger partial charge in [0.25, 0.3) is 0 Å². The third kappa shape index (κ3) is 3.70. The summed E-state index contributed by atoms with van der Waals surface area (Å²) in [5.74, 6) is 0.694. The van der Waals surface area contributed by atoms with Crippen molar-refractivity contribution in [2.24, 2.45) is 5.41 Å². The van der Waals surface area contributed by atoms with E-state index in [1.807, 2.05) is 6.07 Å². The van der Waals surface area contributed by atoms with Gasteiger partial charge in [0, 0.05) is 10.4 Å². The zero-order valence-corrected chi connectivity index (χ0v) is 10.3. The van der Waals surface area contributed by atoms with Gasteiger partial charge in [-0.3, -0.25) is 0 Å². The van der Waals surface area contributed by atoms with Crippen molar-refractivity contribution in [1.29, 1.82) is 0 Å². The Morgan fingerprint density at radius 1 is 1.38 bits per heavy atom. The van der Waals surface area contributed by atoms with Crippen LogP contribution in [-0.4, -0.2) is 5.88 Å². The smallest absolute Gasteiger partial charge is 0.0277 e. The van der Waals surface area contributed by atoms with Gasteiger partial charge >= 0.3 is 0 Å². The Morgan fingerprint density at radius 3 is 2.62 bits per heavy atom. The van der Waals surface area contributed by atoms with Crippen molar-refractivity contribution in [2.75, 3.05) is 5.88 Å². The normalized spacial score (nSPS) is 11.7. The maximum atomic E-state index is 5.87. The number of alkyl halides is 1. The summed E-state index contributed by atoms with van der Waals surface area (Å²) in [6.45, 7) is 4.36. The van der Waals surface area contributed by atoms with Crippen LogP contribution >= 0.6 is 27.5 Å². The second-order valence-electron chi connectivity index (χ2n) is 4.10. The molecule has 1 aromatic carbocycles. The van der Waals surface area contributed by atoms with E-state index in [4.69, 9.17) is 11.6 Å². The van der Waals surface area contributed by atoms with Gasteiger partial charge in [-0.05, 0) is 29.5 Å². The highest BCUT2D eigenvalue weighted by atomic mass is 79.9. The standard InChI is InChI=1S/C11H14BrCl/c1-11(2,8-13)7-9-4-3-5-10(12)6-9/h3-6H,7-8H2,1-2H3. The van der Waals surface area contributed by atoms with E-state index in [-0.39, 0.29) is 5.41 Å². The summed E-state index contributed by atoms with van der Waals surface area (Å²) in [6.07, 6.45) is 1.02. The van der Waals surface area contributed by atoms with E-state index in [1.54, 1.807) is 0 Å². The van der Waals surface area contributed by atoms with Gasteiger partial charge in [-0.2, -0.15) is 0 Å². The molecule has 0 N–H and O–H groups in total. The first kappa shape index (κ1) is 11.1. The first-order chi connectivity index (χ1) is 6.03. The third-order valence-electron chi connectivity index (χ3n) is 1.93. The van der Waals surface area contributed by atoms with Crippen LogP contribution in [0.5, 0.6) is 0 Å². The van der Waals surface area contributed by atoms with Crippen molar-refractivity contribution in [1.82, 2.24) is 0 Å². The average Bonchev–Trinajstić information content (AvgIpc) is 2.03. The number of benzene rings is 1. The van der Waals surface area contributed by atoms with Crippen molar-refractivity contribution in [3.8, 4) is 0 Å². The Balaban J connectivity index is 2.74. The predicted molar refractivity (Wildman–Crippen MR) is 62.3 cm³/mol. The van der Waals surface area contributed by atoms with E-state index in [0.717, 1.165) is 10.9 Å². The Morgan fingerprint density at radius 2 is 2.08 bits per heavy atom. The lowest BCUT2D eigenvalue weighted by atomic mass is 9.88. The molecule has 1 aromatic rings. The average molecular weight is 262 g/mol. The summed E-state index contributed by atoms with van der Waals surface area (Å²) < 4.78 is 1.13. The number of rotatable bonds is 3. The van der Waals surface area contributed by atoms with Crippen LogP contribution < -0.4 is 0 Å². The molecule has 0 saturated carbocycles. The topological polar surface area (TPSA) is 0 Å². The van der Waals surface area contributed by atoms with Crippen molar-refractivity contribution in [3.63, 3.8) is 0 Å². The molecule has 0 aromatic heterocycles. The Hall–Kier alpha value is -0.0100. The molecule has 0 fully saturated rings. The van der Waals surface area contributed by atoms with Gasteiger partial charge in [0.2, 0.25) is 0 Å². The molecule has 0 unspecified atom stereocenters. The molecule has 0 radical (unpaired) electrons. The fraction of sp³-hybridized carbons (Fsp3) is 0.455. The van der Waals surface area contributed by atoms with Crippen LogP contribution in [0.3, 0.4) is 0 Å². The molecular weight excluding hydrogens is 247 g/mol. The molecule has 72 valence electrons. The number of hydrogen-bond acceptors (Lipinski definition) is 0. The largest absolute Gasteiger partial charge is 0.126 e. The zero-order chi connectivity index (χ0) is 9.90. The second kappa shape index (κ2) is 4.47. The lowest BCUT2D eigenvalue weighted by Gasteiger charge is -2.21. The highest BCUT2D eigenvalue weighted by Gasteiger charge is 2.16. The van der Waals surface area contributed by atoms with Crippen LogP contribution in [-0.2, 0) is 6.42 Å². The zero-order valence-electron chi connectivity index (χ0n) is 7.98. The van der Waals surface area contributed by atoms with E-state index in [0.29, 0.717) is 5.88 Å². The molecule has 1 rings (SSSR count). The van der Waals surface area contributed by atoms with Gasteiger partial charge in [0.05, 0.1) is 0 Å². The monoisotopic (exact) mass is 260 g/mol. The van der Waals surface area contributed by atoms with Crippen molar-refractivity contribution in [3.05, 3.63) is 34.3 Å². The summed E-state index contributed by atoms with van der Waals surface area (Å²) in [4.78, 5) is 0. The Bertz CT molecular complexity index is 281. The molecular formula is C11H14BrCl. The maximum Gasteiger partial charge on any atom is 0.0277 e. The third-order valence-corrected chi connectivity index (χ3v) is 3.15. The van der Waals surface area contributed by atoms with Crippen LogP contribution in [0, 0.1) is 5.41 Å². The highest BCUT2D eigenvalue weighted by molar-refractivity contribution is 9.10. The molecule has 0 aliphatic rings. The summed E-state index contributed by atoms with van der Waals surface area (Å²) in [5, 5.41) is 0. The van der Waals surface area contributed by atoms with Crippen molar-refractivity contribution >= 4 is 27.5 Å². The molecule has 0 heterocycles. The minimum atomic E-state index is 0.183. The fourth-order valence-electron chi connectivity index (χ4n) is 1.25. The molecule has 0 atom stereocenters. The fourth-order valence-corrected chi connectivity index (χ4v) is 1.79. The van der Waals surface area contributed by atoms with Gasteiger partial charge < -0.3 is 0 Å². The van der Waals surface area contributed by atoms with Gasteiger partial charge in [0.15, 0.2) is 0 Å². The summed E-state index contributed by atoms with van der Waals surface area (Å²) >= 11 is 9.33. The first-order valence-corrected chi connectivity index (χ1v) is 5.67. The van der Waals surface area contributed by atoms with Gasteiger partial charge in [-0.25, -0.2) is 0 Å². The summed E-state index contributed by atoms with van der Waals surface area (Å²) in [7, 11) is 0. The second-order valence-corrected chi connectivity index (χ2v) is 5.29. The van der Waals surface area contributed by atoms with Gasteiger partial charge in [-0.15, -0.1) is 11.6 Å². The Kier molecular flexibility index (Phi) is 3.81. The Labute approximate surface area is 93.4 Å². The summed E-state index contributed by atoms with van der Waals surface area (Å²) in [5.41, 5.74) is 1.52. The van der Waals surface area contributed by atoms with E-state index >= 15 is 0 Å². The lowest BCUT2D eigenvalue weighted by Crippen LogP contribution is -2.16. The molecule has 13 heavy (non-hydrogen) atoms. The predicted octanol–water partition coefficient (Wildman–Crippen LogP) is 4.26. The van der Waals surface area contributed by atoms with Gasteiger partial charge in [-0.1, -0.05) is 41.9 Å². The highest BCUT2D eigenvalue weighted by Crippen LogP contribution is 2.24. The van der Waals surface area contributed by atoms with E-state index < -0.39 is 0 Å². The van der Waals surface area contributed by atoms with Crippen LogP contribution in [0.15, 0.2) is 28.7 Å². The van der Waals surface area contributed by atoms with Gasteiger partial charge in [0.1, 0.15) is 0 Å². The van der Waals surface area contributed by atoms with Crippen LogP contribution in [0.25, 0.3) is 0 Å². The van der Waals surface area contributed by atoms with Crippen molar-refractivity contribution < 1.29 is 0 Å². The van der Waals surface area contributed by atoms with Crippen LogP contribution in [0.1, 0.15) is 19.4 Å². The molecule has 0 aliphatic heterocycles. The minimum absolute atomic E-state index is 0.183. The molecule has 0 nitrogen and oxygen atoms in total. The quantitative estimate of drug-likeness (QED) is 0.713. The number of hydrogen-bond donors (Lipinski definition) is 0. The van der Waals surface area contributed by atoms with E-state index in [9.17, 15) is 0 Å².